The first-order chi connectivity index (χ1) is 12.9. The van der Waals surface area contributed by atoms with Gasteiger partial charge in [-0.25, -0.2) is 9.78 Å². The third-order valence-electron chi connectivity index (χ3n) is 3.96. The number of ether oxygens (including phenoxy) is 2. The number of fused-ring (bicyclic) bond motifs is 1. The lowest BCUT2D eigenvalue weighted by atomic mass is 10.2. The molecule has 27 heavy (non-hydrogen) atoms. The molecule has 0 bridgehead atoms. The van der Waals surface area contributed by atoms with Crippen LogP contribution in [0, 0.1) is 6.92 Å². The molecule has 1 unspecified atom stereocenters. The maximum atomic E-state index is 12.4. The van der Waals surface area contributed by atoms with E-state index in [-0.39, 0.29) is 5.56 Å². The fraction of sp³-hybridized carbons (Fsp3) is 0.211. The number of anilines is 1. The molecular formula is C19H17ClN2O5. The zero-order chi connectivity index (χ0) is 19.6. The van der Waals surface area contributed by atoms with Crippen molar-refractivity contribution in [2.45, 2.75) is 20.0 Å². The molecule has 0 saturated carbocycles. The van der Waals surface area contributed by atoms with Crippen molar-refractivity contribution in [3.63, 3.8) is 0 Å². The van der Waals surface area contributed by atoms with Crippen molar-refractivity contribution in [3.05, 3.63) is 52.9 Å². The standard InChI is InChI=1S/C19H17ClN2O5/c1-10-6-15(16(25-3)8-13(10)20)22-18(23)11(2)27-19(24)12-4-5-14-17(7-12)26-9-21-14/h4-9,11H,1-3H3,(H,22,23). The largest absolute Gasteiger partial charge is 0.495 e. The van der Waals surface area contributed by atoms with Crippen molar-refractivity contribution >= 4 is 40.3 Å². The van der Waals surface area contributed by atoms with E-state index in [1.54, 1.807) is 31.2 Å². The Kier molecular flexibility index (Phi) is 5.32. The summed E-state index contributed by atoms with van der Waals surface area (Å²) in [5, 5.41) is 3.20. The van der Waals surface area contributed by atoms with Gasteiger partial charge in [0.15, 0.2) is 18.1 Å². The van der Waals surface area contributed by atoms with Gasteiger partial charge < -0.3 is 19.2 Å². The van der Waals surface area contributed by atoms with E-state index in [0.717, 1.165) is 5.56 Å². The number of nitrogens with zero attached hydrogens (tertiary/aromatic N) is 1. The second kappa shape index (κ2) is 7.67. The highest BCUT2D eigenvalue weighted by molar-refractivity contribution is 6.31. The van der Waals surface area contributed by atoms with Gasteiger partial charge in [-0.15, -0.1) is 0 Å². The second-order valence-corrected chi connectivity index (χ2v) is 6.28. The maximum Gasteiger partial charge on any atom is 0.339 e. The molecule has 0 saturated heterocycles. The van der Waals surface area contributed by atoms with Gasteiger partial charge in [-0.2, -0.15) is 0 Å². The van der Waals surface area contributed by atoms with Gasteiger partial charge in [-0.1, -0.05) is 11.6 Å². The lowest BCUT2D eigenvalue weighted by molar-refractivity contribution is -0.123. The average molecular weight is 389 g/mol. The summed E-state index contributed by atoms with van der Waals surface area (Å²) in [7, 11) is 1.47. The molecule has 1 atom stereocenters. The van der Waals surface area contributed by atoms with Gasteiger partial charge in [0.25, 0.3) is 5.91 Å². The Bertz CT molecular complexity index is 1010. The maximum absolute atomic E-state index is 12.4. The zero-order valence-electron chi connectivity index (χ0n) is 14.9. The first-order valence-corrected chi connectivity index (χ1v) is 8.46. The molecule has 7 nitrogen and oxygen atoms in total. The van der Waals surface area contributed by atoms with E-state index < -0.39 is 18.0 Å². The molecule has 8 heteroatoms. The molecule has 1 heterocycles. The van der Waals surface area contributed by atoms with Crippen LogP contribution in [0.1, 0.15) is 22.8 Å². The molecular weight excluding hydrogens is 372 g/mol. The van der Waals surface area contributed by atoms with E-state index in [9.17, 15) is 9.59 Å². The summed E-state index contributed by atoms with van der Waals surface area (Å²) in [5.74, 6) is -0.729. The molecule has 0 fully saturated rings. The van der Waals surface area contributed by atoms with E-state index in [1.165, 1.54) is 26.5 Å². The van der Waals surface area contributed by atoms with Crippen molar-refractivity contribution in [2.75, 3.05) is 12.4 Å². The SMILES string of the molecule is COc1cc(Cl)c(C)cc1NC(=O)C(C)OC(=O)c1ccc2ncoc2c1. The number of methoxy groups -OCH3 is 1. The van der Waals surface area contributed by atoms with Crippen LogP contribution < -0.4 is 10.1 Å². The smallest absolute Gasteiger partial charge is 0.339 e. The van der Waals surface area contributed by atoms with Crippen LogP contribution in [0.4, 0.5) is 5.69 Å². The summed E-state index contributed by atoms with van der Waals surface area (Å²) in [6.07, 6.45) is 0.265. The highest BCUT2D eigenvalue weighted by Crippen LogP contribution is 2.31. The molecule has 1 N–H and O–H groups in total. The van der Waals surface area contributed by atoms with Crippen LogP contribution in [0.5, 0.6) is 5.75 Å². The minimum absolute atomic E-state index is 0.263. The minimum Gasteiger partial charge on any atom is -0.495 e. The highest BCUT2D eigenvalue weighted by Gasteiger charge is 2.21. The average Bonchev–Trinajstić information content (AvgIpc) is 3.12. The predicted molar refractivity (Wildman–Crippen MR) is 100 cm³/mol. The van der Waals surface area contributed by atoms with E-state index in [0.29, 0.717) is 27.6 Å². The Labute approximate surface area is 160 Å². The van der Waals surface area contributed by atoms with Crippen LogP contribution in [-0.2, 0) is 9.53 Å². The Morgan fingerprint density at radius 3 is 2.78 bits per heavy atom. The summed E-state index contributed by atoms with van der Waals surface area (Å²) in [6, 6.07) is 8.01. The highest BCUT2D eigenvalue weighted by atomic mass is 35.5. The molecule has 3 rings (SSSR count). The van der Waals surface area contributed by atoms with Crippen LogP contribution in [0.2, 0.25) is 5.02 Å². The van der Waals surface area contributed by atoms with E-state index in [4.69, 9.17) is 25.5 Å². The quantitative estimate of drug-likeness (QED) is 0.665. The molecule has 140 valence electrons. The number of benzene rings is 2. The van der Waals surface area contributed by atoms with Gasteiger partial charge in [0.2, 0.25) is 0 Å². The van der Waals surface area contributed by atoms with Crippen molar-refractivity contribution in [2.24, 2.45) is 0 Å². The van der Waals surface area contributed by atoms with E-state index >= 15 is 0 Å². The number of carbonyl (C=O) groups excluding carboxylic acids is 2. The van der Waals surface area contributed by atoms with Crippen LogP contribution in [-0.4, -0.2) is 30.1 Å². The molecule has 1 aromatic heterocycles. The minimum atomic E-state index is -1.02. The molecule has 0 radical (unpaired) electrons. The van der Waals surface area contributed by atoms with Gasteiger partial charge in [0, 0.05) is 11.1 Å². The fourth-order valence-electron chi connectivity index (χ4n) is 2.43. The zero-order valence-corrected chi connectivity index (χ0v) is 15.7. The first kappa shape index (κ1) is 18.7. The Balaban J connectivity index is 1.70. The third kappa shape index (κ3) is 4.03. The molecule has 0 aliphatic heterocycles. The van der Waals surface area contributed by atoms with Crippen LogP contribution in [0.25, 0.3) is 11.1 Å². The summed E-state index contributed by atoms with van der Waals surface area (Å²) in [5.41, 5.74) is 2.57. The number of amides is 1. The number of halogens is 1. The molecule has 1 amide bonds. The summed E-state index contributed by atoms with van der Waals surface area (Å²) >= 11 is 6.06. The Hall–Kier alpha value is -3.06. The number of aryl methyl sites for hydroxylation is 1. The number of oxazole rings is 1. The van der Waals surface area contributed by atoms with Gasteiger partial charge in [-0.05, 0) is 43.7 Å². The third-order valence-corrected chi connectivity index (χ3v) is 4.37. The predicted octanol–water partition coefficient (Wildman–Crippen LogP) is 3.98. The second-order valence-electron chi connectivity index (χ2n) is 5.87. The van der Waals surface area contributed by atoms with Crippen LogP contribution >= 0.6 is 11.6 Å². The van der Waals surface area contributed by atoms with Crippen molar-refractivity contribution in [1.82, 2.24) is 4.98 Å². The summed E-state index contributed by atoms with van der Waals surface area (Å²) in [6.45, 7) is 3.29. The molecule has 0 aliphatic rings. The number of nitrogens with one attached hydrogen (secondary N) is 1. The van der Waals surface area contributed by atoms with Gasteiger partial charge in [0.1, 0.15) is 11.3 Å². The van der Waals surface area contributed by atoms with E-state index in [2.05, 4.69) is 10.3 Å². The van der Waals surface area contributed by atoms with Gasteiger partial charge in [-0.3, -0.25) is 4.79 Å². The molecule has 2 aromatic carbocycles. The number of hydrogen-bond donors (Lipinski definition) is 1. The normalized spacial score (nSPS) is 11.9. The van der Waals surface area contributed by atoms with Crippen LogP contribution in [0.15, 0.2) is 41.1 Å². The first-order valence-electron chi connectivity index (χ1n) is 8.08. The molecule has 0 aliphatic carbocycles. The van der Waals surface area contributed by atoms with Crippen molar-refractivity contribution in [3.8, 4) is 5.75 Å². The lowest BCUT2D eigenvalue weighted by Gasteiger charge is -2.16. The van der Waals surface area contributed by atoms with Crippen molar-refractivity contribution in [1.29, 1.82) is 0 Å². The van der Waals surface area contributed by atoms with Crippen molar-refractivity contribution < 1.29 is 23.5 Å². The van der Waals surface area contributed by atoms with E-state index in [1.807, 2.05) is 0 Å². The monoisotopic (exact) mass is 388 g/mol. The van der Waals surface area contributed by atoms with Gasteiger partial charge >= 0.3 is 5.97 Å². The number of esters is 1. The lowest BCUT2D eigenvalue weighted by Crippen LogP contribution is -2.30. The topological polar surface area (TPSA) is 90.7 Å². The molecule has 3 aromatic rings. The summed E-state index contributed by atoms with van der Waals surface area (Å²) < 4.78 is 15.6. The van der Waals surface area contributed by atoms with Crippen LogP contribution in [0.3, 0.4) is 0 Å². The Morgan fingerprint density at radius 2 is 2.04 bits per heavy atom. The number of rotatable bonds is 5. The number of hydrogen-bond acceptors (Lipinski definition) is 6. The number of aromatic nitrogens is 1. The molecule has 0 spiro atoms. The summed E-state index contributed by atoms with van der Waals surface area (Å²) in [4.78, 5) is 28.7. The van der Waals surface area contributed by atoms with Gasteiger partial charge in [0.05, 0.1) is 18.4 Å². The fourth-order valence-corrected chi connectivity index (χ4v) is 2.58. The number of carbonyl (C=O) groups is 2. The Morgan fingerprint density at radius 1 is 1.26 bits per heavy atom.